The molecule has 2 fully saturated rings. The van der Waals surface area contributed by atoms with Gasteiger partial charge in [-0.25, -0.2) is 4.98 Å². The summed E-state index contributed by atoms with van der Waals surface area (Å²) in [6.45, 7) is 7.75. The van der Waals surface area contributed by atoms with E-state index in [0.717, 1.165) is 43.8 Å². The second kappa shape index (κ2) is 9.49. The van der Waals surface area contributed by atoms with Crippen LogP contribution in [0.15, 0.2) is 30.3 Å². The molecule has 2 aliphatic heterocycles. The molecule has 9 heteroatoms. The highest BCUT2D eigenvalue weighted by Crippen LogP contribution is 2.20. The van der Waals surface area contributed by atoms with Gasteiger partial charge in [0.2, 0.25) is 5.95 Å². The number of ether oxygens (including phenoxy) is 2. The fourth-order valence-electron chi connectivity index (χ4n) is 3.56. The molecule has 0 unspecified atom stereocenters. The molecule has 3 heterocycles. The number of hydrogen-bond donors (Lipinski definition) is 0. The molecule has 2 aromatic rings. The summed E-state index contributed by atoms with van der Waals surface area (Å²) in [4.78, 5) is 28.1. The molecule has 0 radical (unpaired) electrons. The van der Waals surface area contributed by atoms with Crippen molar-refractivity contribution in [2.45, 2.75) is 6.92 Å². The zero-order valence-corrected chi connectivity index (χ0v) is 17.8. The van der Waals surface area contributed by atoms with Crippen LogP contribution in [0.3, 0.4) is 0 Å². The van der Waals surface area contributed by atoms with E-state index in [9.17, 15) is 4.79 Å². The Morgan fingerprint density at radius 3 is 2.43 bits per heavy atom. The fourth-order valence-corrected chi connectivity index (χ4v) is 3.68. The number of hydrogen-bond acceptors (Lipinski definition) is 7. The van der Waals surface area contributed by atoms with Crippen molar-refractivity contribution >= 4 is 29.3 Å². The molecule has 0 spiro atoms. The van der Waals surface area contributed by atoms with Crippen LogP contribution >= 0.6 is 11.6 Å². The minimum Gasteiger partial charge on any atom is -0.484 e. The molecule has 30 heavy (non-hydrogen) atoms. The minimum atomic E-state index is -0.0243. The van der Waals surface area contributed by atoms with E-state index < -0.39 is 0 Å². The molecule has 0 atom stereocenters. The monoisotopic (exact) mass is 431 g/mol. The molecule has 0 N–H and O–H groups in total. The second-order valence-electron chi connectivity index (χ2n) is 7.38. The summed E-state index contributed by atoms with van der Waals surface area (Å²) >= 11 is 5.87. The number of halogens is 1. The lowest BCUT2D eigenvalue weighted by atomic mass is 10.3. The number of carbonyl (C=O) groups excluding carboxylic acids is 1. The van der Waals surface area contributed by atoms with E-state index in [0.29, 0.717) is 37.0 Å². The number of aryl methyl sites for hydroxylation is 1. The van der Waals surface area contributed by atoms with Crippen molar-refractivity contribution in [2.24, 2.45) is 0 Å². The maximum atomic E-state index is 12.5. The third kappa shape index (κ3) is 5.12. The molecule has 4 rings (SSSR count). The standard InChI is InChI=1S/C21H26ClN5O3/c1-16-14-19(25-10-12-29-13-11-25)24-21(23-16)27-8-6-26(7-9-27)20(28)15-30-18-4-2-17(22)3-5-18/h2-5,14H,6-13,15H2,1H3. The first-order valence-corrected chi connectivity index (χ1v) is 10.6. The Morgan fingerprint density at radius 2 is 1.73 bits per heavy atom. The quantitative estimate of drug-likeness (QED) is 0.717. The average Bonchev–Trinajstić information content (AvgIpc) is 2.79. The zero-order chi connectivity index (χ0) is 20.9. The highest BCUT2D eigenvalue weighted by atomic mass is 35.5. The summed E-state index contributed by atoms with van der Waals surface area (Å²) in [5.74, 6) is 2.27. The molecular weight excluding hydrogens is 406 g/mol. The van der Waals surface area contributed by atoms with Gasteiger partial charge in [-0.1, -0.05) is 11.6 Å². The molecule has 0 bridgehead atoms. The highest BCUT2D eigenvalue weighted by Gasteiger charge is 2.24. The van der Waals surface area contributed by atoms with E-state index in [1.54, 1.807) is 24.3 Å². The van der Waals surface area contributed by atoms with E-state index in [4.69, 9.17) is 26.1 Å². The van der Waals surface area contributed by atoms with Crippen molar-refractivity contribution in [1.82, 2.24) is 14.9 Å². The van der Waals surface area contributed by atoms with Crippen LogP contribution in [0.1, 0.15) is 5.69 Å². The SMILES string of the molecule is Cc1cc(N2CCOCC2)nc(N2CCN(C(=O)COc3ccc(Cl)cc3)CC2)n1. The zero-order valence-electron chi connectivity index (χ0n) is 17.1. The first kappa shape index (κ1) is 20.7. The predicted molar refractivity (Wildman–Crippen MR) is 116 cm³/mol. The summed E-state index contributed by atoms with van der Waals surface area (Å²) in [6, 6.07) is 9.02. The Labute approximate surface area is 181 Å². The van der Waals surface area contributed by atoms with E-state index in [1.807, 2.05) is 17.9 Å². The third-order valence-corrected chi connectivity index (χ3v) is 5.51. The number of aromatic nitrogens is 2. The van der Waals surface area contributed by atoms with E-state index in [1.165, 1.54) is 0 Å². The number of nitrogens with zero attached hydrogens (tertiary/aromatic N) is 5. The number of amides is 1. The number of morpholine rings is 1. The van der Waals surface area contributed by atoms with E-state index in [2.05, 4.69) is 14.8 Å². The van der Waals surface area contributed by atoms with Crippen LogP contribution in [0, 0.1) is 6.92 Å². The lowest BCUT2D eigenvalue weighted by Gasteiger charge is -2.35. The minimum absolute atomic E-state index is 0.0176. The van der Waals surface area contributed by atoms with Crippen molar-refractivity contribution < 1.29 is 14.3 Å². The summed E-state index contributed by atoms with van der Waals surface area (Å²) in [7, 11) is 0. The number of rotatable bonds is 5. The van der Waals surface area contributed by atoms with Gasteiger partial charge in [-0.05, 0) is 31.2 Å². The predicted octanol–water partition coefficient (Wildman–Crippen LogP) is 2.00. The molecule has 1 aromatic carbocycles. The number of carbonyl (C=O) groups is 1. The van der Waals surface area contributed by atoms with Gasteiger partial charge in [0, 0.05) is 56.1 Å². The van der Waals surface area contributed by atoms with Gasteiger partial charge in [0.15, 0.2) is 6.61 Å². The lowest BCUT2D eigenvalue weighted by Crippen LogP contribution is -2.50. The van der Waals surface area contributed by atoms with Gasteiger partial charge < -0.3 is 24.2 Å². The molecule has 2 aliphatic rings. The maximum Gasteiger partial charge on any atom is 0.260 e. The third-order valence-electron chi connectivity index (χ3n) is 5.26. The van der Waals surface area contributed by atoms with E-state index >= 15 is 0 Å². The molecule has 2 saturated heterocycles. The molecule has 1 amide bonds. The Balaban J connectivity index is 1.32. The first-order valence-electron chi connectivity index (χ1n) is 10.2. The topological polar surface area (TPSA) is 71.0 Å². The van der Waals surface area contributed by atoms with Crippen LogP contribution in [0.5, 0.6) is 5.75 Å². The molecule has 160 valence electrons. The first-order chi connectivity index (χ1) is 14.6. The maximum absolute atomic E-state index is 12.5. The van der Waals surface area contributed by atoms with Crippen molar-refractivity contribution in [2.75, 3.05) is 68.9 Å². The van der Waals surface area contributed by atoms with Crippen molar-refractivity contribution in [3.05, 3.63) is 41.0 Å². The van der Waals surface area contributed by atoms with Crippen molar-refractivity contribution in [3.8, 4) is 5.75 Å². The van der Waals surface area contributed by atoms with Crippen LogP contribution in [0.2, 0.25) is 5.02 Å². The summed E-state index contributed by atoms with van der Waals surface area (Å²) in [6.07, 6.45) is 0. The van der Waals surface area contributed by atoms with Gasteiger partial charge in [0.25, 0.3) is 5.91 Å². The van der Waals surface area contributed by atoms with E-state index in [-0.39, 0.29) is 12.5 Å². The second-order valence-corrected chi connectivity index (χ2v) is 7.81. The number of anilines is 2. The Bertz CT molecular complexity index is 865. The van der Waals surface area contributed by atoms with Gasteiger partial charge >= 0.3 is 0 Å². The number of benzene rings is 1. The van der Waals surface area contributed by atoms with Gasteiger partial charge in [-0.3, -0.25) is 4.79 Å². The lowest BCUT2D eigenvalue weighted by molar-refractivity contribution is -0.133. The smallest absolute Gasteiger partial charge is 0.260 e. The Morgan fingerprint density at radius 1 is 1.03 bits per heavy atom. The van der Waals surface area contributed by atoms with Gasteiger partial charge in [-0.2, -0.15) is 4.98 Å². The van der Waals surface area contributed by atoms with Crippen LogP contribution in [-0.4, -0.2) is 79.9 Å². The van der Waals surface area contributed by atoms with Crippen LogP contribution in [0.25, 0.3) is 0 Å². The van der Waals surface area contributed by atoms with Crippen molar-refractivity contribution in [3.63, 3.8) is 0 Å². The fraction of sp³-hybridized carbons (Fsp3) is 0.476. The number of piperazine rings is 1. The molecular formula is C21H26ClN5O3. The normalized spacial score (nSPS) is 17.2. The summed E-state index contributed by atoms with van der Waals surface area (Å²) in [5.41, 5.74) is 0.941. The Kier molecular flexibility index (Phi) is 6.54. The van der Waals surface area contributed by atoms with Crippen molar-refractivity contribution in [1.29, 1.82) is 0 Å². The molecule has 0 aliphatic carbocycles. The molecule has 8 nitrogen and oxygen atoms in total. The molecule has 1 aromatic heterocycles. The summed E-state index contributed by atoms with van der Waals surface area (Å²) in [5, 5.41) is 0.639. The average molecular weight is 432 g/mol. The van der Waals surface area contributed by atoms with Gasteiger partial charge in [-0.15, -0.1) is 0 Å². The molecule has 0 saturated carbocycles. The van der Waals surface area contributed by atoms with Crippen LogP contribution < -0.4 is 14.5 Å². The largest absolute Gasteiger partial charge is 0.484 e. The summed E-state index contributed by atoms with van der Waals surface area (Å²) < 4.78 is 11.0. The van der Waals surface area contributed by atoms with Crippen LogP contribution in [0.4, 0.5) is 11.8 Å². The Hall–Kier alpha value is -2.58. The highest BCUT2D eigenvalue weighted by molar-refractivity contribution is 6.30. The van der Waals surface area contributed by atoms with Crippen LogP contribution in [-0.2, 0) is 9.53 Å². The van der Waals surface area contributed by atoms with Gasteiger partial charge in [0.05, 0.1) is 13.2 Å². The van der Waals surface area contributed by atoms with Gasteiger partial charge in [0.1, 0.15) is 11.6 Å².